The molecule has 0 saturated carbocycles. The van der Waals surface area contributed by atoms with Gasteiger partial charge < -0.3 is 24.5 Å². The molecule has 0 radical (unpaired) electrons. The number of rotatable bonds is 7. The number of hydrogen-bond acceptors (Lipinski definition) is 4. The van der Waals surface area contributed by atoms with Gasteiger partial charge in [0.05, 0.1) is 31.7 Å². The number of benzene rings is 1. The van der Waals surface area contributed by atoms with Gasteiger partial charge in [-0.2, -0.15) is 0 Å². The Morgan fingerprint density at radius 3 is 2.94 bits per heavy atom. The van der Waals surface area contributed by atoms with Gasteiger partial charge in [-0.25, -0.2) is 9.98 Å². The van der Waals surface area contributed by atoms with E-state index in [1.807, 2.05) is 55.1 Å². The van der Waals surface area contributed by atoms with Crippen LogP contribution in [-0.2, 0) is 13.1 Å². The standard InChI is InChI=1S/C25H32N6O2/c1-3-27-25(30-11-9-19(2)23(17-30)31-12-10-26-18-31)29-15-20-6-4-7-21(14-20)24(32)28-16-22-8-5-13-33-22/h4-8,10,12-14,18-19,23H,3,9,11,15-17H2,1-2H3,(H,27,29)(H,28,32). The number of imidazole rings is 1. The number of aliphatic imine (C=N–C) groups is 1. The van der Waals surface area contributed by atoms with Crippen molar-refractivity contribution in [3.05, 3.63) is 78.3 Å². The highest BCUT2D eigenvalue weighted by Crippen LogP contribution is 2.27. The summed E-state index contributed by atoms with van der Waals surface area (Å²) in [5.41, 5.74) is 1.61. The molecule has 3 heterocycles. The lowest BCUT2D eigenvalue weighted by atomic mass is 9.93. The second-order valence-electron chi connectivity index (χ2n) is 8.42. The number of hydrogen-bond donors (Lipinski definition) is 2. The largest absolute Gasteiger partial charge is 0.467 e. The zero-order valence-corrected chi connectivity index (χ0v) is 19.3. The predicted octanol–water partition coefficient (Wildman–Crippen LogP) is 3.45. The normalized spacial score (nSPS) is 18.8. The van der Waals surface area contributed by atoms with Gasteiger partial charge in [0.25, 0.3) is 5.91 Å². The molecule has 1 aliphatic heterocycles. The van der Waals surface area contributed by atoms with Crippen LogP contribution in [-0.4, -0.2) is 46.0 Å². The van der Waals surface area contributed by atoms with Gasteiger partial charge >= 0.3 is 0 Å². The molecule has 3 aromatic rings. The average molecular weight is 449 g/mol. The Morgan fingerprint density at radius 2 is 2.18 bits per heavy atom. The van der Waals surface area contributed by atoms with Crippen molar-refractivity contribution in [1.29, 1.82) is 0 Å². The first kappa shape index (κ1) is 22.6. The molecule has 8 heteroatoms. The minimum atomic E-state index is -0.127. The molecule has 174 valence electrons. The zero-order valence-electron chi connectivity index (χ0n) is 19.3. The molecule has 2 atom stereocenters. The Bertz CT molecular complexity index is 1040. The van der Waals surface area contributed by atoms with E-state index in [1.54, 1.807) is 6.26 Å². The molecule has 1 saturated heterocycles. The molecular formula is C25H32N6O2. The molecule has 1 aliphatic rings. The summed E-state index contributed by atoms with van der Waals surface area (Å²) in [6.45, 7) is 7.91. The van der Waals surface area contributed by atoms with Crippen molar-refractivity contribution in [2.45, 2.75) is 39.4 Å². The van der Waals surface area contributed by atoms with Crippen molar-refractivity contribution in [2.24, 2.45) is 10.9 Å². The Labute approximate surface area is 194 Å². The molecule has 0 aliphatic carbocycles. The monoisotopic (exact) mass is 448 g/mol. The third-order valence-electron chi connectivity index (χ3n) is 6.06. The van der Waals surface area contributed by atoms with E-state index in [0.717, 1.165) is 43.3 Å². The minimum absolute atomic E-state index is 0.127. The molecule has 0 bridgehead atoms. The van der Waals surface area contributed by atoms with Crippen molar-refractivity contribution in [3.63, 3.8) is 0 Å². The summed E-state index contributed by atoms with van der Waals surface area (Å²) in [6.07, 6.45) is 8.47. The van der Waals surface area contributed by atoms with Crippen LogP contribution < -0.4 is 10.6 Å². The van der Waals surface area contributed by atoms with Crippen LogP contribution in [0.5, 0.6) is 0 Å². The van der Waals surface area contributed by atoms with E-state index >= 15 is 0 Å². The number of carbonyl (C=O) groups excluding carboxylic acids is 1. The van der Waals surface area contributed by atoms with Crippen molar-refractivity contribution < 1.29 is 9.21 Å². The summed E-state index contributed by atoms with van der Waals surface area (Å²) >= 11 is 0. The molecule has 1 fully saturated rings. The third-order valence-corrected chi connectivity index (χ3v) is 6.06. The van der Waals surface area contributed by atoms with E-state index in [4.69, 9.17) is 9.41 Å². The van der Waals surface area contributed by atoms with E-state index in [2.05, 4.69) is 38.9 Å². The highest BCUT2D eigenvalue weighted by molar-refractivity contribution is 5.94. The van der Waals surface area contributed by atoms with E-state index in [0.29, 0.717) is 30.6 Å². The Balaban J connectivity index is 1.42. The highest BCUT2D eigenvalue weighted by atomic mass is 16.3. The van der Waals surface area contributed by atoms with E-state index < -0.39 is 0 Å². The summed E-state index contributed by atoms with van der Waals surface area (Å²) in [4.78, 5) is 24.0. The van der Waals surface area contributed by atoms with Crippen molar-refractivity contribution in [3.8, 4) is 0 Å². The zero-order chi connectivity index (χ0) is 23.0. The molecule has 2 unspecified atom stereocenters. The van der Waals surface area contributed by atoms with E-state index in [1.165, 1.54) is 0 Å². The molecule has 1 amide bonds. The van der Waals surface area contributed by atoms with Gasteiger partial charge in [0.15, 0.2) is 5.96 Å². The maximum absolute atomic E-state index is 12.5. The topological polar surface area (TPSA) is 87.7 Å². The number of nitrogens with zero attached hydrogens (tertiary/aromatic N) is 4. The van der Waals surface area contributed by atoms with Gasteiger partial charge in [-0.3, -0.25) is 4.79 Å². The quantitative estimate of drug-likeness (QED) is 0.427. The van der Waals surface area contributed by atoms with Crippen LogP contribution in [0.4, 0.5) is 0 Å². The first-order valence-electron chi connectivity index (χ1n) is 11.5. The van der Waals surface area contributed by atoms with Gasteiger partial charge in [-0.15, -0.1) is 0 Å². The lowest BCUT2D eigenvalue weighted by molar-refractivity contribution is 0.0948. The minimum Gasteiger partial charge on any atom is -0.467 e. The molecule has 2 N–H and O–H groups in total. The van der Waals surface area contributed by atoms with Crippen molar-refractivity contribution in [1.82, 2.24) is 25.1 Å². The fourth-order valence-electron chi connectivity index (χ4n) is 4.18. The summed E-state index contributed by atoms with van der Waals surface area (Å²) in [7, 11) is 0. The first-order chi connectivity index (χ1) is 16.1. The second kappa shape index (κ2) is 10.8. The summed E-state index contributed by atoms with van der Waals surface area (Å²) in [5, 5.41) is 6.33. The van der Waals surface area contributed by atoms with Crippen LogP contribution in [0.25, 0.3) is 0 Å². The summed E-state index contributed by atoms with van der Waals surface area (Å²) < 4.78 is 7.48. The van der Waals surface area contributed by atoms with Gasteiger partial charge in [-0.05, 0) is 49.1 Å². The second-order valence-corrected chi connectivity index (χ2v) is 8.42. The fourth-order valence-corrected chi connectivity index (χ4v) is 4.18. The Hall–Kier alpha value is -3.55. The third kappa shape index (κ3) is 5.83. The average Bonchev–Trinajstić information content (AvgIpc) is 3.55. The number of carbonyl (C=O) groups is 1. The van der Waals surface area contributed by atoms with Crippen LogP contribution in [0.2, 0.25) is 0 Å². The molecule has 1 aromatic carbocycles. The predicted molar refractivity (Wildman–Crippen MR) is 128 cm³/mol. The number of amides is 1. The number of furan rings is 1. The number of piperidine rings is 1. The smallest absolute Gasteiger partial charge is 0.251 e. The van der Waals surface area contributed by atoms with Crippen LogP contribution in [0.15, 0.2) is 70.8 Å². The number of likely N-dealkylation sites (tertiary alicyclic amines) is 1. The molecular weight excluding hydrogens is 416 g/mol. The van der Waals surface area contributed by atoms with Crippen LogP contribution in [0.3, 0.4) is 0 Å². The van der Waals surface area contributed by atoms with Gasteiger partial charge in [0.2, 0.25) is 0 Å². The van der Waals surface area contributed by atoms with Gasteiger partial charge in [0.1, 0.15) is 5.76 Å². The van der Waals surface area contributed by atoms with Crippen LogP contribution in [0.1, 0.15) is 48.0 Å². The summed E-state index contributed by atoms with van der Waals surface area (Å²) in [5.74, 6) is 2.08. The number of guanidine groups is 1. The lowest BCUT2D eigenvalue weighted by Crippen LogP contribution is -2.49. The Kier molecular flexibility index (Phi) is 7.44. The molecule has 0 spiro atoms. The first-order valence-corrected chi connectivity index (χ1v) is 11.5. The fraction of sp³-hybridized carbons (Fsp3) is 0.400. The Morgan fingerprint density at radius 1 is 1.27 bits per heavy atom. The summed E-state index contributed by atoms with van der Waals surface area (Å²) in [6, 6.07) is 11.6. The van der Waals surface area contributed by atoms with Gasteiger partial charge in [0, 0.05) is 37.6 Å². The van der Waals surface area contributed by atoms with Crippen molar-refractivity contribution >= 4 is 11.9 Å². The van der Waals surface area contributed by atoms with Gasteiger partial charge in [-0.1, -0.05) is 19.1 Å². The molecule has 33 heavy (non-hydrogen) atoms. The SMILES string of the molecule is CCNC(=NCc1cccc(C(=O)NCc2ccco2)c1)N1CCC(C)C(n2ccnc2)C1. The van der Waals surface area contributed by atoms with Crippen LogP contribution >= 0.6 is 0 Å². The molecule has 4 rings (SSSR count). The maximum Gasteiger partial charge on any atom is 0.251 e. The lowest BCUT2D eigenvalue weighted by Gasteiger charge is -2.39. The number of nitrogens with one attached hydrogen (secondary N) is 2. The molecule has 8 nitrogen and oxygen atoms in total. The number of aromatic nitrogens is 2. The maximum atomic E-state index is 12.5. The van der Waals surface area contributed by atoms with E-state index in [-0.39, 0.29) is 5.91 Å². The van der Waals surface area contributed by atoms with E-state index in [9.17, 15) is 4.79 Å². The van der Waals surface area contributed by atoms with Crippen molar-refractivity contribution in [2.75, 3.05) is 19.6 Å². The highest BCUT2D eigenvalue weighted by Gasteiger charge is 2.28. The van der Waals surface area contributed by atoms with Crippen LogP contribution in [0, 0.1) is 5.92 Å². The molecule has 2 aromatic heterocycles.